The van der Waals surface area contributed by atoms with Gasteiger partial charge in [0.05, 0.1) is 37.6 Å². The fourth-order valence-corrected chi connectivity index (χ4v) is 3.39. The van der Waals surface area contributed by atoms with Crippen molar-refractivity contribution in [1.29, 1.82) is 0 Å². The average molecular weight is 396 g/mol. The van der Waals surface area contributed by atoms with E-state index in [4.69, 9.17) is 9.47 Å². The van der Waals surface area contributed by atoms with E-state index in [1.54, 1.807) is 23.6 Å². The monoisotopic (exact) mass is 396 g/mol. The number of benzene rings is 1. The maximum Gasteiger partial charge on any atom is 0.417 e. The van der Waals surface area contributed by atoms with Gasteiger partial charge in [0, 0.05) is 17.6 Å². The lowest BCUT2D eigenvalue weighted by molar-refractivity contribution is -0.138. The zero-order chi connectivity index (χ0) is 19.6. The van der Waals surface area contributed by atoms with E-state index in [2.05, 4.69) is 4.98 Å². The third-order valence-corrected chi connectivity index (χ3v) is 4.75. The summed E-state index contributed by atoms with van der Waals surface area (Å²) in [5, 5.41) is 2.31. The van der Waals surface area contributed by atoms with Crippen molar-refractivity contribution in [3.63, 3.8) is 0 Å². The van der Waals surface area contributed by atoms with Gasteiger partial charge in [0.2, 0.25) is 0 Å². The Bertz CT molecular complexity index is 1010. The Balaban J connectivity index is 1.93. The molecule has 0 spiro atoms. The Morgan fingerprint density at radius 1 is 1.15 bits per heavy atom. The molecular formula is C18H15F3N2O3S. The molecule has 27 heavy (non-hydrogen) atoms. The summed E-state index contributed by atoms with van der Waals surface area (Å²) in [5.74, 6) is 1.05. The molecule has 0 aliphatic rings. The molecule has 0 saturated heterocycles. The Hall–Kier alpha value is -2.81. The summed E-state index contributed by atoms with van der Waals surface area (Å²) in [4.78, 5) is 16.3. The van der Waals surface area contributed by atoms with Crippen molar-refractivity contribution in [2.24, 2.45) is 0 Å². The Morgan fingerprint density at radius 3 is 2.59 bits per heavy atom. The first-order valence-corrected chi connectivity index (χ1v) is 8.65. The number of para-hydroxylation sites is 1. The van der Waals surface area contributed by atoms with Gasteiger partial charge in [-0.15, -0.1) is 11.3 Å². The molecule has 0 bridgehead atoms. The molecule has 142 valence electrons. The van der Waals surface area contributed by atoms with Crippen molar-refractivity contribution in [1.82, 2.24) is 9.55 Å². The van der Waals surface area contributed by atoms with Crippen LogP contribution >= 0.6 is 11.3 Å². The normalized spacial score (nSPS) is 11.4. The number of hydrogen-bond acceptors (Lipinski definition) is 5. The minimum absolute atomic E-state index is 0.0640. The highest BCUT2D eigenvalue weighted by molar-refractivity contribution is 7.13. The van der Waals surface area contributed by atoms with E-state index in [0.29, 0.717) is 27.8 Å². The van der Waals surface area contributed by atoms with Gasteiger partial charge in [-0.2, -0.15) is 13.2 Å². The number of rotatable bonds is 5. The molecule has 0 aliphatic heterocycles. The molecule has 3 rings (SSSR count). The van der Waals surface area contributed by atoms with Crippen LogP contribution in [0.15, 0.2) is 46.7 Å². The SMILES string of the molecule is COc1cccc(-c2nc(Cn3cc(C(F)(F)F)ccc3=O)cs2)c1OC. The summed E-state index contributed by atoms with van der Waals surface area (Å²) in [6.45, 7) is -0.0640. The van der Waals surface area contributed by atoms with E-state index in [1.165, 1.54) is 25.6 Å². The predicted octanol–water partition coefficient (Wildman–Crippen LogP) is 4.06. The second-order valence-corrected chi connectivity index (χ2v) is 6.42. The Kier molecular flexibility index (Phi) is 5.22. The van der Waals surface area contributed by atoms with Crippen LogP contribution in [0.25, 0.3) is 10.6 Å². The number of alkyl halides is 3. The van der Waals surface area contributed by atoms with Gasteiger partial charge in [0.25, 0.3) is 5.56 Å². The molecule has 3 aromatic rings. The summed E-state index contributed by atoms with van der Waals surface area (Å²) in [6, 6.07) is 7.02. The summed E-state index contributed by atoms with van der Waals surface area (Å²) >= 11 is 1.30. The van der Waals surface area contributed by atoms with Gasteiger partial charge >= 0.3 is 6.18 Å². The average Bonchev–Trinajstić information content (AvgIpc) is 3.10. The number of ether oxygens (including phenoxy) is 2. The van der Waals surface area contributed by atoms with Crippen LogP contribution in [0.4, 0.5) is 13.2 Å². The zero-order valence-corrected chi connectivity index (χ0v) is 15.2. The van der Waals surface area contributed by atoms with E-state index in [1.807, 2.05) is 0 Å². The summed E-state index contributed by atoms with van der Waals surface area (Å²) in [5.41, 5.74) is -0.241. The van der Waals surface area contributed by atoms with Crippen molar-refractivity contribution < 1.29 is 22.6 Å². The van der Waals surface area contributed by atoms with Gasteiger partial charge in [-0.1, -0.05) is 6.07 Å². The second-order valence-electron chi connectivity index (χ2n) is 5.57. The first kappa shape index (κ1) is 19.0. The maximum absolute atomic E-state index is 12.9. The van der Waals surface area contributed by atoms with Crippen molar-refractivity contribution in [2.75, 3.05) is 14.2 Å². The van der Waals surface area contributed by atoms with E-state index in [9.17, 15) is 18.0 Å². The molecule has 0 N–H and O–H groups in total. The topological polar surface area (TPSA) is 53.4 Å². The third kappa shape index (κ3) is 3.97. The van der Waals surface area contributed by atoms with Crippen LogP contribution in [0.3, 0.4) is 0 Å². The smallest absolute Gasteiger partial charge is 0.417 e. The van der Waals surface area contributed by atoms with Gasteiger partial charge in [-0.05, 0) is 18.2 Å². The summed E-state index contributed by atoms with van der Waals surface area (Å²) < 4.78 is 50.2. The number of nitrogens with zero attached hydrogens (tertiary/aromatic N) is 2. The summed E-state index contributed by atoms with van der Waals surface area (Å²) in [6.07, 6.45) is -3.72. The largest absolute Gasteiger partial charge is 0.493 e. The molecule has 0 saturated carbocycles. The number of hydrogen-bond donors (Lipinski definition) is 0. The van der Waals surface area contributed by atoms with E-state index < -0.39 is 17.3 Å². The van der Waals surface area contributed by atoms with Crippen LogP contribution in [0, 0.1) is 0 Å². The van der Waals surface area contributed by atoms with Gasteiger partial charge in [-0.25, -0.2) is 4.98 Å². The van der Waals surface area contributed by atoms with Crippen molar-refractivity contribution in [2.45, 2.75) is 12.7 Å². The minimum atomic E-state index is -4.52. The molecule has 0 radical (unpaired) electrons. The molecule has 5 nitrogen and oxygen atoms in total. The van der Waals surface area contributed by atoms with Crippen molar-refractivity contribution in [3.05, 3.63) is 63.5 Å². The lowest BCUT2D eigenvalue weighted by atomic mass is 10.2. The number of pyridine rings is 1. The number of methoxy groups -OCH3 is 2. The maximum atomic E-state index is 12.9. The van der Waals surface area contributed by atoms with Crippen LogP contribution < -0.4 is 15.0 Å². The number of thiazole rings is 1. The first-order chi connectivity index (χ1) is 12.8. The molecule has 2 heterocycles. The van der Waals surface area contributed by atoms with Gasteiger partial charge in [0.1, 0.15) is 5.01 Å². The Labute approximate surface area is 156 Å². The molecule has 9 heteroatoms. The summed E-state index contributed by atoms with van der Waals surface area (Å²) in [7, 11) is 3.03. The molecule has 1 aromatic carbocycles. The highest BCUT2D eigenvalue weighted by Gasteiger charge is 2.31. The predicted molar refractivity (Wildman–Crippen MR) is 95.5 cm³/mol. The molecule has 2 aromatic heterocycles. The van der Waals surface area contributed by atoms with Crippen LogP contribution in [-0.4, -0.2) is 23.8 Å². The lowest BCUT2D eigenvalue weighted by Gasteiger charge is -2.11. The number of aromatic nitrogens is 2. The molecular weight excluding hydrogens is 381 g/mol. The molecule has 0 aliphatic carbocycles. The molecule has 0 amide bonds. The second kappa shape index (κ2) is 7.43. The highest BCUT2D eigenvalue weighted by atomic mass is 32.1. The quantitative estimate of drug-likeness (QED) is 0.653. The van der Waals surface area contributed by atoms with Crippen molar-refractivity contribution >= 4 is 11.3 Å². The third-order valence-electron chi connectivity index (χ3n) is 3.83. The van der Waals surface area contributed by atoms with E-state index in [-0.39, 0.29) is 6.54 Å². The molecule has 0 atom stereocenters. The van der Waals surface area contributed by atoms with Crippen LogP contribution in [0.5, 0.6) is 11.5 Å². The van der Waals surface area contributed by atoms with Crippen molar-refractivity contribution in [3.8, 4) is 22.1 Å². The fourth-order valence-electron chi connectivity index (χ4n) is 2.56. The van der Waals surface area contributed by atoms with Crippen LogP contribution in [0.2, 0.25) is 0 Å². The number of halogens is 3. The molecule has 0 fully saturated rings. The molecule has 0 unspecified atom stereocenters. The van der Waals surface area contributed by atoms with Crippen LogP contribution in [0.1, 0.15) is 11.3 Å². The lowest BCUT2D eigenvalue weighted by Crippen LogP contribution is -2.22. The highest BCUT2D eigenvalue weighted by Crippen LogP contribution is 2.39. The minimum Gasteiger partial charge on any atom is -0.493 e. The van der Waals surface area contributed by atoms with E-state index in [0.717, 1.165) is 22.9 Å². The fraction of sp³-hybridized carbons (Fsp3) is 0.222. The van der Waals surface area contributed by atoms with Crippen LogP contribution in [-0.2, 0) is 12.7 Å². The zero-order valence-electron chi connectivity index (χ0n) is 14.4. The standard InChI is InChI=1S/C18H15F3N2O3S/c1-25-14-5-3-4-13(16(14)26-2)17-22-12(10-27-17)9-23-8-11(18(19,20)21)6-7-15(23)24/h3-8,10H,9H2,1-2H3. The first-order valence-electron chi connectivity index (χ1n) is 7.77. The Morgan fingerprint density at radius 2 is 1.93 bits per heavy atom. The van der Waals surface area contributed by atoms with Gasteiger partial charge in [-0.3, -0.25) is 4.79 Å². The van der Waals surface area contributed by atoms with E-state index >= 15 is 0 Å². The van der Waals surface area contributed by atoms with Gasteiger partial charge < -0.3 is 14.0 Å². The van der Waals surface area contributed by atoms with Gasteiger partial charge in [0.15, 0.2) is 11.5 Å².